The zero-order valence-corrected chi connectivity index (χ0v) is 12.6. The average Bonchev–Trinajstić information content (AvgIpc) is 2.46. The minimum atomic E-state index is -0.369. The number of anilines is 1. The van der Waals surface area contributed by atoms with Crippen molar-refractivity contribution >= 4 is 34.8 Å². The SMILES string of the molecule is COc1ccc(C2NC(=O)c3ccc(Cl)cc3N2)cc1Cl. The lowest BCUT2D eigenvalue weighted by molar-refractivity contribution is 0.0935. The zero-order valence-electron chi connectivity index (χ0n) is 11.1. The first-order valence-electron chi connectivity index (χ1n) is 6.29. The van der Waals surface area contributed by atoms with Crippen LogP contribution in [0.4, 0.5) is 5.69 Å². The van der Waals surface area contributed by atoms with Gasteiger partial charge in [0.1, 0.15) is 11.9 Å². The first kappa shape index (κ1) is 14.0. The van der Waals surface area contributed by atoms with E-state index in [-0.39, 0.29) is 12.1 Å². The molecule has 2 N–H and O–H groups in total. The maximum atomic E-state index is 12.1. The molecule has 3 rings (SSSR count). The third-order valence-electron chi connectivity index (χ3n) is 3.31. The summed E-state index contributed by atoms with van der Waals surface area (Å²) in [4.78, 5) is 12.1. The summed E-state index contributed by atoms with van der Waals surface area (Å²) in [6.45, 7) is 0. The van der Waals surface area contributed by atoms with E-state index in [0.717, 1.165) is 5.56 Å². The molecule has 1 aliphatic rings. The highest BCUT2D eigenvalue weighted by molar-refractivity contribution is 6.32. The number of ether oxygens (including phenoxy) is 1. The molecule has 108 valence electrons. The molecule has 0 aliphatic carbocycles. The van der Waals surface area contributed by atoms with E-state index in [0.29, 0.717) is 27.0 Å². The van der Waals surface area contributed by atoms with Crippen LogP contribution in [0.15, 0.2) is 36.4 Å². The van der Waals surface area contributed by atoms with Crippen LogP contribution in [0, 0.1) is 0 Å². The molecule has 6 heteroatoms. The van der Waals surface area contributed by atoms with Gasteiger partial charge >= 0.3 is 0 Å². The van der Waals surface area contributed by atoms with Crippen molar-refractivity contribution in [3.8, 4) is 5.75 Å². The Hall–Kier alpha value is -1.91. The molecular formula is C15H12Cl2N2O2. The Morgan fingerprint density at radius 1 is 1.10 bits per heavy atom. The van der Waals surface area contributed by atoms with Crippen molar-refractivity contribution in [1.29, 1.82) is 0 Å². The Kier molecular flexibility index (Phi) is 3.66. The number of nitrogens with one attached hydrogen (secondary N) is 2. The van der Waals surface area contributed by atoms with Crippen molar-refractivity contribution in [2.24, 2.45) is 0 Å². The van der Waals surface area contributed by atoms with Crippen LogP contribution in [0.5, 0.6) is 5.75 Å². The smallest absolute Gasteiger partial charge is 0.255 e. The number of hydrogen-bond donors (Lipinski definition) is 2. The number of amides is 1. The highest BCUT2D eigenvalue weighted by Gasteiger charge is 2.25. The van der Waals surface area contributed by atoms with Crippen LogP contribution in [-0.4, -0.2) is 13.0 Å². The van der Waals surface area contributed by atoms with Crippen LogP contribution >= 0.6 is 23.2 Å². The van der Waals surface area contributed by atoms with E-state index >= 15 is 0 Å². The predicted molar refractivity (Wildman–Crippen MR) is 83.3 cm³/mol. The van der Waals surface area contributed by atoms with Gasteiger partial charge in [-0.25, -0.2) is 0 Å². The standard InChI is InChI=1S/C15H12Cl2N2O2/c1-21-13-5-2-8(6-11(13)17)14-18-12-7-9(16)3-4-10(12)15(20)19-14/h2-7,14,18H,1H3,(H,19,20). The second-order valence-corrected chi connectivity index (χ2v) is 5.48. The Bertz CT molecular complexity index is 719. The fraction of sp³-hybridized carbons (Fsp3) is 0.133. The number of rotatable bonds is 2. The summed E-state index contributed by atoms with van der Waals surface area (Å²) in [7, 11) is 1.56. The second kappa shape index (κ2) is 5.47. The summed E-state index contributed by atoms with van der Waals surface area (Å²) in [5.74, 6) is 0.434. The van der Waals surface area contributed by atoms with Gasteiger partial charge in [-0.2, -0.15) is 0 Å². The Morgan fingerprint density at radius 3 is 2.62 bits per heavy atom. The molecule has 1 amide bonds. The van der Waals surface area contributed by atoms with E-state index in [9.17, 15) is 4.79 Å². The maximum Gasteiger partial charge on any atom is 0.255 e. The summed E-state index contributed by atoms with van der Waals surface area (Å²) in [6.07, 6.45) is -0.369. The van der Waals surface area contributed by atoms with Gasteiger partial charge < -0.3 is 15.4 Å². The van der Waals surface area contributed by atoms with Gasteiger partial charge in [0.25, 0.3) is 5.91 Å². The van der Waals surface area contributed by atoms with Gasteiger partial charge in [-0.3, -0.25) is 4.79 Å². The van der Waals surface area contributed by atoms with Gasteiger partial charge in [0, 0.05) is 5.02 Å². The Morgan fingerprint density at radius 2 is 1.90 bits per heavy atom. The predicted octanol–water partition coefficient (Wildman–Crippen LogP) is 3.86. The van der Waals surface area contributed by atoms with Gasteiger partial charge in [-0.1, -0.05) is 29.3 Å². The molecule has 4 nitrogen and oxygen atoms in total. The van der Waals surface area contributed by atoms with E-state index < -0.39 is 0 Å². The molecule has 0 bridgehead atoms. The van der Waals surface area contributed by atoms with Crippen LogP contribution in [0.25, 0.3) is 0 Å². The van der Waals surface area contributed by atoms with Crippen molar-refractivity contribution < 1.29 is 9.53 Å². The Balaban J connectivity index is 1.95. The number of halogens is 2. The van der Waals surface area contributed by atoms with E-state index in [1.54, 1.807) is 37.4 Å². The highest BCUT2D eigenvalue weighted by atomic mass is 35.5. The van der Waals surface area contributed by atoms with Crippen molar-refractivity contribution in [3.63, 3.8) is 0 Å². The molecule has 2 aromatic carbocycles. The van der Waals surface area contributed by atoms with E-state index in [4.69, 9.17) is 27.9 Å². The summed E-state index contributed by atoms with van der Waals surface area (Å²) in [5.41, 5.74) is 2.10. The third-order valence-corrected chi connectivity index (χ3v) is 3.84. The molecule has 1 unspecified atom stereocenters. The lowest BCUT2D eigenvalue weighted by atomic mass is 10.1. The monoisotopic (exact) mass is 322 g/mol. The van der Waals surface area contributed by atoms with Crippen molar-refractivity contribution in [1.82, 2.24) is 5.32 Å². The van der Waals surface area contributed by atoms with Gasteiger partial charge in [0.2, 0.25) is 0 Å². The largest absolute Gasteiger partial charge is 0.495 e. The van der Waals surface area contributed by atoms with E-state index in [1.165, 1.54) is 0 Å². The minimum Gasteiger partial charge on any atom is -0.495 e. The fourth-order valence-electron chi connectivity index (χ4n) is 2.26. The molecule has 0 fully saturated rings. The zero-order chi connectivity index (χ0) is 15.0. The summed E-state index contributed by atoms with van der Waals surface area (Å²) < 4.78 is 5.12. The summed E-state index contributed by atoms with van der Waals surface area (Å²) >= 11 is 12.1. The lowest BCUT2D eigenvalue weighted by Gasteiger charge is -2.28. The van der Waals surface area contributed by atoms with Gasteiger partial charge in [0.15, 0.2) is 0 Å². The molecule has 0 spiro atoms. The van der Waals surface area contributed by atoms with Crippen molar-refractivity contribution in [3.05, 3.63) is 57.6 Å². The summed E-state index contributed by atoms with van der Waals surface area (Å²) in [5, 5.41) is 7.17. The Labute approximate surface area is 132 Å². The van der Waals surface area contributed by atoms with Crippen molar-refractivity contribution in [2.75, 3.05) is 12.4 Å². The van der Waals surface area contributed by atoms with Gasteiger partial charge in [-0.15, -0.1) is 0 Å². The second-order valence-electron chi connectivity index (χ2n) is 4.63. The van der Waals surface area contributed by atoms with Crippen LogP contribution in [-0.2, 0) is 0 Å². The van der Waals surface area contributed by atoms with Crippen LogP contribution < -0.4 is 15.4 Å². The highest BCUT2D eigenvalue weighted by Crippen LogP contribution is 2.32. The minimum absolute atomic E-state index is 0.155. The molecule has 1 aliphatic heterocycles. The molecule has 1 heterocycles. The molecule has 0 radical (unpaired) electrons. The van der Waals surface area contributed by atoms with E-state index in [1.807, 2.05) is 6.07 Å². The van der Waals surface area contributed by atoms with E-state index in [2.05, 4.69) is 10.6 Å². The summed E-state index contributed by atoms with van der Waals surface area (Å²) in [6, 6.07) is 10.5. The van der Waals surface area contributed by atoms with Crippen LogP contribution in [0.2, 0.25) is 10.0 Å². The molecule has 1 atom stereocenters. The number of fused-ring (bicyclic) bond motifs is 1. The molecule has 0 saturated carbocycles. The number of hydrogen-bond acceptors (Lipinski definition) is 3. The average molecular weight is 323 g/mol. The molecule has 2 aromatic rings. The molecule has 0 saturated heterocycles. The number of methoxy groups -OCH3 is 1. The van der Waals surface area contributed by atoms with Crippen LogP contribution in [0.3, 0.4) is 0 Å². The van der Waals surface area contributed by atoms with Gasteiger partial charge in [0.05, 0.1) is 23.4 Å². The number of benzene rings is 2. The molecular weight excluding hydrogens is 311 g/mol. The normalized spacial score (nSPS) is 16.7. The number of carbonyl (C=O) groups is 1. The third kappa shape index (κ3) is 2.64. The van der Waals surface area contributed by atoms with Crippen LogP contribution in [0.1, 0.15) is 22.1 Å². The van der Waals surface area contributed by atoms with Crippen molar-refractivity contribution in [2.45, 2.75) is 6.17 Å². The quantitative estimate of drug-likeness (QED) is 0.882. The van der Waals surface area contributed by atoms with Gasteiger partial charge in [-0.05, 0) is 35.9 Å². The topological polar surface area (TPSA) is 50.4 Å². The molecule has 21 heavy (non-hydrogen) atoms. The maximum absolute atomic E-state index is 12.1. The first-order chi connectivity index (χ1) is 10.1. The first-order valence-corrected chi connectivity index (χ1v) is 7.04. The lowest BCUT2D eigenvalue weighted by Crippen LogP contribution is -2.38. The molecule has 0 aromatic heterocycles. The number of carbonyl (C=O) groups excluding carboxylic acids is 1. The fourth-order valence-corrected chi connectivity index (χ4v) is 2.70.